The highest BCUT2D eigenvalue weighted by Crippen LogP contribution is 2.36. The van der Waals surface area contributed by atoms with Gasteiger partial charge in [-0.1, -0.05) is 0 Å². The van der Waals surface area contributed by atoms with Gasteiger partial charge in [-0.05, 0) is 27.7 Å². The predicted octanol–water partition coefficient (Wildman–Crippen LogP) is 0.670. The minimum absolute atomic E-state index is 0.228. The molecule has 1 aromatic heterocycles. The number of carbonyl (C=O) groups is 1. The van der Waals surface area contributed by atoms with E-state index in [9.17, 15) is 4.79 Å². The Kier molecular flexibility index (Phi) is 2.95. The van der Waals surface area contributed by atoms with E-state index in [0.717, 1.165) is 5.46 Å². The van der Waals surface area contributed by atoms with Gasteiger partial charge >= 0.3 is 13.1 Å². The topological polar surface area (TPSA) is 62.6 Å². The number of cyclic esters (lactones) is 1. The fourth-order valence-electron chi connectivity index (χ4n) is 2.35. The molecule has 2 saturated heterocycles. The second kappa shape index (κ2) is 4.33. The lowest BCUT2D eigenvalue weighted by molar-refractivity contribution is -0.140. The molecule has 1 aromatic rings. The minimum Gasteiger partial charge on any atom is -0.464 e. The molecule has 3 rings (SSSR count). The van der Waals surface area contributed by atoms with Gasteiger partial charge in [0.15, 0.2) is 6.04 Å². The number of carbonyl (C=O) groups excluding carboxylic acids is 1. The van der Waals surface area contributed by atoms with Crippen molar-refractivity contribution in [2.75, 3.05) is 6.61 Å². The highest BCUT2D eigenvalue weighted by molar-refractivity contribution is 6.62. The Morgan fingerprint density at radius 2 is 1.95 bits per heavy atom. The Balaban J connectivity index is 1.80. The van der Waals surface area contributed by atoms with Crippen LogP contribution in [0.1, 0.15) is 40.2 Å². The summed E-state index contributed by atoms with van der Waals surface area (Å²) in [6, 6.07) is -0.328. The van der Waals surface area contributed by atoms with E-state index in [1.54, 1.807) is 17.1 Å². The second-order valence-corrected chi connectivity index (χ2v) is 6.31. The summed E-state index contributed by atoms with van der Waals surface area (Å²) in [7, 11) is -0.453. The smallest absolute Gasteiger partial charge is 0.464 e. The van der Waals surface area contributed by atoms with E-state index in [0.29, 0.717) is 13.0 Å². The predicted molar refractivity (Wildman–Crippen MR) is 72.6 cm³/mol. The average molecular weight is 278 g/mol. The molecule has 0 aromatic carbocycles. The van der Waals surface area contributed by atoms with Gasteiger partial charge in [0.05, 0.1) is 17.8 Å². The van der Waals surface area contributed by atoms with Crippen LogP contribution in [0.4, 0.5) is 0 Å². The van der Waals surface area contributed by atoms with Gasteiger partial charge < -0.3 is 14.0 Å². The lowest BCUT2D eigenvalue weighted by Crippen LogP contribution is -2.41. The number of nitrogens with zero attached hydrogens (tertiary/aromatic N) is 2. The van der Waals surface area contributed by atoms with Crippen molar-refractivity contribution in [3.63, 3.8) is 0 Å². The third-order valence-electron chi connectivity index (χ3n) is 4.37. The molecule has 0 radical (unpaired) electrons. The van der Waals surface area contributed by atoms with Crippen LogP contribution in [0.15, 0.2) is 12.4 Å². The van der Waals surface area contributed by atoms with Gasteiger partial charge in [0.1, 0.15) is 0 Å². The van der Waals surface area contributed by atoms with Gasteiger partial charge in [0.25, 0.3) is 0 Å². The van der Waals surface area contributed by atoms with Crippen molar-refractivity contribution in [3.05, 3.63) is 12.4 Å². The monoisotopic (exact) mass is 278 g/mol. The van der Waals surface area contributed by atoms with Crippen molar-refractivity contribution >= 4 is 18.6 Å². The highest BCUT2D eigenvalue weighted by Gasteiger charge is 2.52. The van der Waals surface area contributed by atoms with Crippen LogP contribution < -0.4 is 5.46 Å². The van der Waals surface area contributed by atoms with E-state index >= 15 is 0 Å². The van der Waals surface area contributed by atoms with Gasteiger partial charge in [-0.2, -0.15) is 5.10 Å². The Morgan fingerprint density at radius 3 is 2.50 bits per heavy atom. The van der Waals surface area contributed by atoms with E-state index in [-0.39, 0.29) is 23.2 Å². The normalized spacial score (nSPS) is 27.9. The van der Waals surface area contributed by atoms with Gasteiger partial charge in [-0.15, -0.1) is 0 Å². The van der Waals surface area contributed by atoms with Gasteiger partial charge in [0.2, 0.25) is 0 Å². The summed E-state index contributed by atoms with van der Waals surface area (Å²) in [5, 5.41) is 4.24. The highest BCUT2D eigenvalue weighted by atomic mass is 16.7. The lowest BCUT2D eigenvalue weighted by Gasteiger charge is -2.32. The fourth-order valence-corrected chi connectivity index (χ4v) is 2.35. The van der Waals surface area contributed by atoms with Gasteiger partial charge in [0, 0.05) is 24.3 Å². The SMILES string of the molecule is CC1(C)OB(c2cnn(C3CCOC3=O)c2)OC1(C)C. The maximum absolute atomic E-state index is 11.6. The zero-order valence-electron chi connectivity index (χ0n) is 12.3. The quantitative estimate of drug-likeness (QED) is 0.587. The molecule has 6 nitrogen and oxygen atoms in total. The molecule has 2 aliphatic heterocycles. The molecule has 108 valence electrons. The summed E-state index contributed by atoms with van der Waals surface area (Å²) in [5.41, 5.74) is 0.0568. The molecule has 0 bridgehead atoms. The molecule has 3 heterocycles. The van der Waals surface area contributed by atoms with Crippen LogP contribution >= 0.6 is 0 Å². The van der Waals surface area contributed by atoms with E-state index in [1.807, 2.05) is 27.7 Å². The lowest BCUT2D eigenvalue weighted by atomic mass is 9.82. The summed E-state index contributed by atoms with van der Waals surface area (Å²) in [4.78, 5) is 11.6. The van der Waals surface area contributed by atoms with Crippen molar-refractivity contribution in [2.24, 2.45) is 0 Å². The molecular formula is C13H19BN2O4. The summed E-state index contributed by atoms with van der Waals surface area (Å²) < 4.78 is 18.5. The third kappa shape index (κ3) is 2.05. The van der Waals surface area contributed by atoms with Crippen LogP contribution in [0.5, 0.6) is 0 Å². The number of hydrogen-bond acceptors (Lipinski definition) is 5. The molecule has 0 N–H and O–H groups in total. The van der Waals surface area contributed by atoms with Gasteiger partial charge in [-0.25, -0.2) is 4.79 Å². The number of ether oxygens (including phenoxy) is 1. The van der Waals surface area contributed by atoms with E-state index in [2.05, 4.69) is 5.10 Å². The first kappa shape index (κ1) is 13.6. The van der Waals surface area contributed by atoms with Crippen LogP contribution in [0.2, 0.25) is 0 Å². The summed E-state index contributed by atoms with van der Waals surface area (Å²) in [6.45, 7) is 8.48. The first-order chi connectivity index (χ1) is 9.30. The maximum Gasteiger partial charge on any atom is 0.498 e. The minimum atomic E-state index is -0.453. The van der Waals surface area contributed by atoms with E-state index < -0.39 is 7.12 Å². The molecule has 2 fully saturated rings. The molecule has 1 unspecified atom stereocenters. The van der Waals surface area contributed by atoms with Crippen LogP contribution in [-0.2, 0) is 18.8 Å². The molecule has 0 aliphatic carbocycles. The molecule has 2 aliphatic rings. The molecule has 20 heavy (non-hydrogen) atoms. The zero-order valence-corrected chi connectivity index (χ0v) is 12.3. The van der Waals surface area contributed by atoms with E-state index in [4.69, 9.17) is 14.0 Å². The van der Waals surface area contributed by atoms with Gasteiger partial charge in [-0.3, -0.25) is 4.68 Å². The third-order valence-corrected chi connectivity index (χ3v) is 4.37. The Morgan fingerprint density at radius 1 is 1.30 bits per heavy atom. The molecule has 1 atom stereocenters. The number of rotatable bonds is 2. The zero-order chi connectivity index (χ0) is 14.5. The molecule has 7 heteroatoms. The molecular weight excluding hydrogens is 259 g/mol. The van der Waals surface area contributed by atoms with Crippen molar-refractivity contribution in [1.82, 2.24) is 9.78 Å². The van der Waals surface area contributed by atoms with Crippen LogP contribution in [0, 0.1) is 0 Å². The van der Waals surface area contributed by atoms with Crippen molar-refractivity contribution < 1.29 is 18.8 Å². The van der Waals surface area contributed by atoms with E-state index in [1.165, 1.54) is 0 Å². The largest absolute Gasteiger partial charge is 0.498 e. The summed E-state index contributed by atoms with van der Waals surface area (Å²) in [6.07, 6.45) is 4.15. The first-order valence-electron chi connectivity index (χ1n) is 6.86. The Bertz CT molecular complexity index is 524. The Hall–Kier alpha value is -1.34. The number of aromatic nitrogens is 2. The Labute approximate surface area is 118 Å². The van der Waals surface area contributed by atoms with Crippen LogP contribution in [-0.4, -0.2) is 40.7 Å². The van der Waals surface area contributed by atoms with Crippen LogP contribution in [0.25, 0.3) is 0 Å². The second-order valence-electron chi connectivity index (χ2n) is 6.31. The summed E-state index contributed by atoms with van der Waals surface area (Å²) in [5.74, 6) is -0.228. The number of hydrogen-bond donors (Lipinski definition) is 0. The molecule has 0 saturated carbocycles. The molecule has 0 amide bonds. The first-order valence-corrected chi connectivity index (χ1v) is 6.86. The van der Waals surface area contributed by atoms with Crippen molar-refractivity contribution in [2.45, 2.75) is 51.4 Å². The fraction of sp³-hybridized carbons (Fsp3) is 0.692. The summed E-state index contributed by atoms with van der Waals surface area (Å²) >= 11 is 0. The average Bonchev–Trinajstić information content (AvgIpc) is 2.98. The number of esters is 1. The standard InChI is InChI=1S/C13H19BN2O4/c1-12(2)13(3,4)20-14(19-12)9-7-15-16(8-9)10-5-6-18-11(10)17/h7-8,10H,5-6H2,1-4H3. The molecule has 0 spiro atoms. The van der Waals surface area contributed by atoms with Crippen LogP contribution in [0.3, 0.4) is 0 Å². The van der Waals surface area contributed by atoms with Crippen molar-refractivity contribution in [1.29, 1.82) is 0 Å². The maximum atomic E-state index is 11.6. The van der Waals surface area contributed by atoms with Crippen molar-refractivity contribution in [3.8, 4) is 0 Å².